The molecule has 2 amide bonds. The van der Waals surface area contributed by atoms with Gasteiger partial charge in [0.1, 0.15) is 0 Å². The Morgan fingerprint density at radius 3 is 2.62 bits per heavy atom. The number of hydrogen-bond donors (Lipinski definition) is 2. The molecule has 4 rings (SSSR count). The summed E-state index contributed by atoms with van der Waals surface area (Å²) in [5.74, 6) is -0.631. The standard InChI is InChI=1S/C23H23ClN4O3S/c24-18-10-8-17(9-11-18)22(30)27-26-21(29)15-32-23-25-13-20(16-5-2-1-3-6-16)28(23)14-19-7-4-12-31-19/h1-3,5-6,8-11,13,19H,4,7,12,14-15H2,(H,26,29)(H,27,30). The van der Waals surface area contributed by atoms with Crippen LogP contribution in [0.4, 0.5) is 0 Å². The van der Waals surface area contributed by atoms with Gasteiger partial charge in [-0.25, -0.2) is 4.98 Å². The number of carbonyl (C=O) groups is 2. The summed E-state index contributed by atoms with van der Waals surface area (Å²) >= 11 is 7.15. The predicted octanol–water partition coefficient (Wildman–Crippen LogP) is 3.94. The Balaban J connectivity index is 1.38. The third kappa shape index (κ3) is 5.70. The summed E-state index contributed by atoms with van der Waals surface area (Å²) in [6.45, 7) is 1.46. The maximum absolute atomic E-state index is 12.3. The van der Waals surface area contributed by atoms with E-state index in [1.54, 1.807) is 24.3 Å². The van der Waals surface area contributed by atoms with Crippen molar-refractivity contribution in [3.8, 4) is 11.3 Å². The number of hydrogen-bond acceptors (Lipinski definition) is 5. The van der Waals surface area contributed by atoms with E-state index in [1.165, 1.54) is 11.8 Å². The van der Waals surface area contributed by atoms with Gasteiger partial charge in [-0.1, -0.05) is 53.7 Å². The quantitative estimate of drug-likeness (QED) is 0.403. The number of nitrogens with one attached hydrogen (secondary N) is 2. The van der Waals surface area contributed by atoms with Crippen molar-refractivity contribution in [3.05, 3.63) is 71.4 Å². The van der Waals surface area contributed by atoms with Crippen LogP contribution in [-0.4, -0.2) is 39.8 Å². The molecule has 1 saturated heterocycles. The van der Waals surface area contributed by atoms with Gasteiger partial charge in [0.15, 0.2) is 5.16 Å². The third-order valence-electron chi connectivity index (χ3n) is 5.05. The number of rotatable bonds is 7. The Morgan fingerprint density at radius 1 is 1.12 bits per heavy atom. The minimum absolute atomic E-state index is 0.109. The van der Waals surface area contributed by atoms with Gasteiger partial charge in [0.2, 0.25) is 5.91 Å². The van der Waals surface area contributed by atoms with Gasteiger partial charge in [-0.3, -0.25) is 20.4 Å². The Kier molecular flexibility index (Phi) is 7.47. The van der Waals surface area contributed by atoms with Gasteiger partial charge in [-0.15, -0.1) is 0 Å². The summed E-state index contributed by atoms with van der Waals surface area (Å²) in [5, 5.41) is 1.27. The second-order valence-corrected chi connectivity index (χ2v) is 8.71. The van der Waals surface area contributed by atoms with Gasteiger partial charge >= 0.3 is 0 Å². The molecule has 0 bridgehead atoms. The van der Waals surface area contributed by atoms with Crippen molar-refractivity contribution in [3.63, 3.8) is 0 Å². The van der Waals surface area contributed by atoms with Crippen LogP contribution in [0.1, 0.15) is 23.2 Å². The molecule has 32 heavy (non-hydrogen) atoms. The molecule has 7 nitrogen and oxygen atoms in total. The molecule has 1 aromatic heterocycles. The first-order chi connectivity index (χ1) is 15.6. The molecule has 0 saturated carbocycles. The number of imidazole rings is 1. The molecule has 9 heteroatoms. The van der Waals surface area contributed by atoms with E-state index in [1.807, 2.05) is 36.5 Å². The normalized spacial score (nSPS) is 15.5. The van der Waals surface area contributed by atoms with Gasteiger partial charge in [0.25, 0.3) is 5.91 Å². The molecule has 1 aliphatic rings. The largest absolute Gasteiger partial charge is 0.376 e. The van der Waals surface area contributed by atoms with Gasteiger partial charge in [-0.05, 0) is 42.7 Å². The Labute approximate surface area is 195 Å². The highest BCUT2D eigenvalue weighted by Crippen LogP contribution is 2.28. The fraction of sp³-hybridized carbons (Fsp3) is 0.261. The molecule has 3 aromatic rings. The van der Waals surface area contributed by atoms with E-state index in [0.717, 1.165) is 35.9 Å². The lowest BCUT2D eigenvalue weighted by Crippen LogP contribution is -2.42. The summed E-state index contributed by atoms with van der Waals surface area (Å²) in [7, 11) is 0. The molecule has 0 aliphatic carbocycles. The third-order valence-corrected chi connectivity index (χ3v) is 6.30. The number of thioether (sulfide) groups is 1. The van der Waals surface area contributed by atoms with Crippen LogP contribution >= 0.6 is 23.4 Å². The smallest absolute Gasteiger partial charge is 0.269 e. The Bertz CT molecular complexity index is 1070. The molecule has 1 atom stereocenters. The minimum Gasteiger partial charge on any atom is -0.376 e. The highest BCUT2D eigenvalue weighted by atomic mass is 35.5. The number of carbonyl (C=O) groups excluding carboxylic acids is 2. The SMILES string of the molecule is O=C(CSc1ncc(-c2ccccc2)n1CC1CCCO1)NNC(=O)c1ccc(Cl)cc1. The summed E-state index contributed by atoms with van der Waals surface area (Å²) in [5.41, 5.74) is 7.31. The Hall–Kier alpha value is -2.81. The Morgan fingerprint density at radius 2 is 1.91 bits per heavy atom. The maximum atomic E-state index is 12.3. The second kappa shape index (κ2) is 10.7. The molecular formula is C23H23ClN4O3S. The molecular weight excluding hydrogens is 448 g/mol. The van der Waals surface area contributed by atoms with Crippen molar-refractivity contribution in [2.45, 2.75) is 30.6 Å². The number of ether oxygens (including phenoxy) is 1. The van der Waals surface area contributed by atoms with Crippen molar-refractivity contribution in [2.24, 2.45) is 0 Å². The van der Waals surface area contributed by atoms with Crippen molar-refractivity contribution >= 4 is 35.2 Å². The first-order valence-corrected chi connectivity index (χ1v) is 11.7. The van der Waals surface area contributed by atoms with Gasteiger partial charge in [0, 0.05) is 17.2 Å². The van der Waals surface area contributed by atoms with Crippen LogP contribution in [0.3, 0.4) is 0 Å². The van der Waals surface area contributed by atoms with Crippen LogP contribution < -0.4 is 10.9 Å². The topological polar surface area (TPSA) is 85.2 Å². The molecule has 2 heterocycles. The van der Waals surface area contributed by atoms with Crippen LogP contribution in [0, 0.1) is 0 Å². The van der Waals surface area contributed by atoms with Gasteiger partial charge < -0.3 is 9.30 Å². The first kappa shape index (κ1) is 22.4. The summed E-state index contributed by atoms with van der Waals surface area (Å²) in [4.78, 5) is 29.0. The average molecular weight is 471 g/mol. The molecule has 2 N–H and O–H groups in total. The molecule has 1 fully saturated rings. The number of halogens is 1. The number of benzene rings is 2. The van der Waals surface area contributed by atoms with E-state index in [9.17, 15) is 9.59 Å². The zero-order chi connectivity index (χ0) is 22.3. The van der Waals surface area contributed by atoms with E-state index < -0.39 is 5.91 Å². The van der Waals surface area contributed by atoms with Crippen molar-refractivity contribution in [2.75, 3.05) is 12.4 Å². The second-order valence-electron chi connectivity index (χ2n) is 7.34. The minimum atomic E-state index is -0.411. The fourth-order valence-corrected chi connectivity index (χ4v) is 4.36. The monoisotopic (exact) mass is 470 g/mol. The van der Waals surface area contributed by atoms with Crippen LogP contribution in [0.2, 0.25) is 5.02 Å². The number of hydrazine groups is 1. The fourth-order valence-electron chi connectivity index (χ4n) is 3.45. The molecule has 166 valence electrons. The summed E-state index contributed by atoms with van der Waals surface area (Å²) < 4.78 is 7.93. The van der Waals surface area contributed by atoms with E-state index in [2.05, 4.69) is 20.4 Å². The van der Waals surface area contributed by atoms with E-state index in [0.29, 0.717) is 17.1 Å². The van der Waals surface area contributed by atoms with Crippen molar-refractivity contribution < 1.29 is 14.3 Å². The van der Waals surface area contributed by atoms with Crippen molar-refractivity contribution in [1.82, 2.24) is 20.4 Å². The maximum Gasteiger partial charge on any atom is 0.269 e. The number of aromatic nitrogens is 2. The van der Waals surface area contributed by atoms with Gasteiger partial charge in [0.05, 0.1) is 30.3 Å². The number of amides is 2. The highest BCUT2D eigenvalue weighted by Gasteiger charge is 2.21. The molecule has 2 aromatic carbocycles. The molecule has 0 radical (unpaired) electrons. The van der Waals surface area contributed by atoms with E-state index in [4.69, 9.17) is 16.3 Å². The zero-order valence-electron chi connectivity index (χ0n) is 17.3. The zero-order valence-corrected chi connectivity index (χ0v) is 18.9. The lowest BCUT2D eigenvalue weighted by Gasteiger charge is -2.16. The van der Waals surface area contributed by atoms with Crippen LogP contribution in [0.5, 0.6) is 0 Å². The lowest BCUT2D eigenvalue weighted by atomic mass is 10.1. The van der Waals surface area contributed by atoms with Crippen LogP contribution in [0.15, 0.2) is 66.0 Å². The molecule has 0 spiro atoms. The predicted molar refractivity (Wildman–Crippen MR) is 124 cm³/mol. The molecule has 1 unspecified atom stereocenters. The highest BCUT2D eigenvalue weighted by molar-refractivity contribution is 7.99. The van der Waals surface area contributed by atoms with Crippen LogP contribution in [-0.2, 0) is 16.1 Å². The lowest BCUT2D eigenvalue weighted by molar-refractivity contribution is -0.119. The van der Waals surface area contributed by atoms with E-state index >= 15 is 0 Å². The average Bonchev–Trinajstić information content (AvgIpc) is 3.47. The summed E-state index contributed by atoms with van der Waals surface area (Å²) in [6, 6.07) is 16.4. The molecule has 1 aliphatic heterocycles. The summed E-state index contributed by atoms with van der Waals surface area (Å²) in [6.07, 6.45) is 4.03. The van der Waals surface area contributed by atoms with Crippen molar-refractivity contribution in [1.29, 1.82) is 0 Å². The first-order valence-electron chi connectivity index (χ1n) is 10.3. The van der Waals surface area contributed by atoms with Crippen LogP contribution in [0.25, 0.3) is 11.3 Å². The number of nitrogens with zero attached hydrogens (tertiary/aromatic N) is 2. The van der Waals surface area contributed by atoms with E-state index in [-0.39, 0.29) is 17.8 Å². The van der Waals surface area contributed by atoms with Gasteiger partial charge in [-0.2, -0.15) is 0 Å².